The van der Waals surface area contributed by atoms with Gasteiger partial charge < -0.3 is 11.1 Å². The Morgan fingerprint density at radius 2 is 1.96 bits per heavy atom. The van der Waals surface area contributed by atoms with Crippen LogP contribution in [0.5, 0.6) is 0 Å². The van der Waals surface area contributed by atoms with Gasteiger partial charge in [0.15, 0.2) is 0 Å². The van der Waals surface area contributed by atoms with Crippen LogP contribution in [0.3, 0.4) is 0 Å². The van der Waals surface area contributed by atoms with Gasteiger partial charge in [0.25, 0.3) is 5.91 Å². The van der Waals surface area contributed by atoms with Gasteiger partial charge in [0.2, 0.25) is 5.91 Å². The normalized spacial score (nSPS) is 15.7. The molecule has 1 unspecified atom stereocenters. The Kier molecular flexibility index (Phi) is 4.82. The molecule has 6 heteroatoms. The van der Waals surface area contributed by atoms with E-state index in [1.165, 1.54) is 17.8 Å². The van der Waals surface area contributed by atoms with Gasteiger partial charge in [-0.3, -0.25) is 9.59 Å². The third-order valence-corrected chi connectivity index (χ3v) is 5.70. The minimum atomic E-state index is -0.510. The fraction of sp³-hybridized carbons (Fsp3) is 0.294. The summed E-state index contributed by atoms with van der Waals surface area (Å²) in [5, 5.41) is 4.75. The molecule has 1 aromatic carbocycles. The molecule has 0 spiro atoms. The molecule has 1 aliphatic rings. The molecule has 1 saturated carbocycles. The lowest BCUT2D eigenvalue weighted by Crippen LogP contribution is -2.36. The van der Waals surface area contributed by atoms with Crippen molar-refractivity contribution in [3.63, 3.8) is 0 Å². The zero-order chi connectivity index (χ0) is 16.4. The predicted molar refractivity (Wildman–Crippen MR) is 94.5 cm³/mol. The number of nitrogens with one attached hydrogen (secondary N) is 1. The molecule has 4 nitrogen and oxygen atoms in total. The first-order chi connectivity index (χ1) is 11.0. The number of nitrogens with two attached hydrogens (primary N) is 1. The molecule has 1 heterocycles. The van der Waals surface area contributed by atoms with Crippen LogP contribution in [0.2, 0.25) is 0 Å². The van der Waals surface area contributed by atoms with Gasteiger partial charge >= 0.3 is 0 Å². The number of amides is 2. The van der Waals surface area contributed by atoms with Crippen LogP contribution in [0.15, 0.2) is 40.2 Å². The van der Waals surface area contributed by atoms with Crippen molar-refractivity contribution in [2.24, 2.45) is 11.7 Å². The first-order valence-electron chi connectivity index (χ1n) is 7.49. The van der Waals surface area contributed by atoms with Crippen LogP contribution in [0.1, 0.15) is 50.9 Å². The number of carbonyl (C=O) groups excluding carboxylic acids is 2. The van der Waals surface area contributed by atoms with Gasteiger partial charge in [0.05, 0.1) is 16.5 Å². The van der Waals surface area contributed by atoms with Crippen molar-refractivity contribution < 1.29 is 9.59 Å². The zero-order valence-corrected chi connectivity index (χ0v) is 14.8. The van der Waals surface area contributed by atoms with E-state index in [1.54, 1.807) is 11.4 Å². The lowest BCUT2D eigenvalue weighted by molar-refractivity contribution is 0.0905. The highest BCUT2D eigenvalue weighted by molar-refractivity contribution is 9.10. The fourth-order valence-electron chi connectivity index (χ4n) is 2.71. The standard InChI is InChI=1S/C17H17BrN2O2S/c18-13-6-4-11(5-7-13)15(10-2-1-3-10)20-17(22)14-8-12(9-23-14)16(19)21/h4-10,15H,1-3H2,(H2,19,21)(H,20,22). The van der Waals surface area contributed by atoms with Crippen molar-refractivity contribution in [3.05, 3.63) is 56.2 Å². The smallest absolute Gasteiger partial charge is 0.261 e. The Labute approximate surface area is 147 Å². The van der Waals surface area contributed by atoms with Crippen molar-refractivity contribution in [2.75, 3.05) is 0 Å². The van der Waals surface area contributed by atoms with Gasteiger partial charge in [-0.2, -0.15) is 0 Å². The van der Waals surface area contributed by atoms with E-state index in [0.29, 0.717) is 16.4 Å². The van der Waals surface area contributed by atoms with Gasteiger partial charge in [0, 0.05) is 9.85 Å². The minimum Gasteiger partial charge on any atom is -0.366 e. The quantitative estimate of drug-likeness (QED) is 0.809. The summed E-state index contributed by atoms with van der Waals surface area (Å²) in [6.07, 6.45) is 3.45. The van der Waals surface area contributed by atoms with Crippen LogP contribution in [0, 0.1) is 5.92 Å². The van der Waals surface area contributed by atoms with E-state index in [1.807, 2.05) is 24.3 Å². The summed E-state index contributed by atoms with van der Waals surface area (Å²) in [6, 6.07) is 9.62. The Balaban J connectivity index is 1.78. The number of halogens is 1. The van der Waals surface area contributed by atoms with Gasteiger partial charge in [-0.25, -0.2) is 0 Å². The van der Waals surface area contributed by atoms with Gasteiger partial charge in [-0.15, -0.1) is 11.3 Å². The molecule has 3 N–H and O–H groups in total. The third kappa shape index (κ3) is 3.64. The molecular formula is C17H17BrN2O2S. The monoisotopic (exact) mass is 392 g/mol. The molecule has 120 valence electrons. The predicted octanol–water partition coefficient (Wildman–Crippen LogP) is 3.88. The summed E-state index contributed by atoms with van der Waals surface area (Å²) in [4.78, 5) is 24.2. The molecule has 0 aliphatic heterocycles. The number of rotatable bonds is 5. The van der Waals surface area contributed by atoms with Crippen molar-refractivity contribution in [3.8, 4) is 0 Å². The number of hydrogen-bond donors (Lipinski definition) is 2. The largest absolute Gasteiger partial charge is 0.366 e. The second kappa shape index (κ2) is 6.84. The maximum absolute atomic E-state index is 12.5. The first-order valence-corrected chi connectivity index (χ1v) is 9.16. The molecule has 1 atom stereocenters. The molecule has 0 radical (unpaired) electrons. The van der Waals surface area contributed by atoms with E-state index in [2.05, 4.69) is 21.2 Å². The van der Waals surface area contributed by atoms with Crippen LogP contribution < -0.4 is 11.1 Å². The van der Waals surface area contributed by atoms with E-state index in [0.717, 1.165) is 22.9 Å². The Morgan fingerprint density at radius 3 is 2.48 bits per heavy atom. The summed E-state index contributed by atoms with van der Waals surface area (Å²) in [5.41, 5.74) is 6.73. The average molecular weight is 393 g/mol. The first kappa shape index (κ1) is 16.2. The molecule has 0 saturated heterocycles. The van der Waals surface area contributed by atoms with E-state index >= 15 is 0 Å². The average Bonchev–Trinajstić information content (AvgIpc) is 2.95. The van der Waals surface area contributed by atoms with Crippen molar-refractivity contribution >= 4 is 39.1 Å². The second-order valence-electron chi connectivity index (χ2n) is 5.76. The van der Waals surface area contributed by atoms with E-state index in [-0.39, 0.29) is 11.9 Å². The van der Waals surface area contributed by atoms with Gasteiger partial charge in [-0.05, 0) is 42.5 Å². The van der Waals surface area contributed by atoms with Crippen LogP contribution in [0.4, 0.5) is 0 Å². The highest BCUT2D eigenvalue weighted by atomic mass is 79.9. The summed E-state index contributed by atoms with van der Waals surface area (Å²) in [7, 11) is 0. The van der Waals surface area contributed by atoms with Gasteiger partial charge in [0.1, 0.15) is 0 Å². The number of carbonyl (C=O) groups is 2. The van der Waals surface area contributed by atoms with Crippen LogP contribution in [0.25, 0.3) is 0 Å². The SMILES string of the molecule is NC(=O)c1csc(C(=O)NC(c2ccc(Br)cc2)C2CCC2)c1. The maximum atomic E-state index is 12.5. The zero-order valence-electron chi connectivity index (χ0n) is 12.4. The second-order valence-corrected chi connectivity index (χ2v) is 7.58. The molecule has 0 bridgehead atoms. The molecule has 2 amide bonds. The Morgan fingerprint density at radius 1 is 1.26 bits per heavy atom. The fourth-order valence-corrected chi connectivity index (χ4v) is 3.78. The summed E-state index contributed by atoms with van der Waals surface area (Å²) in [5.74, 6) is -0.193. The number of primary amides is 1. The van der Waals surface area contributed by atoms with Crippen molar-refractivity contribution in [2.45, 2.75) is 25.3 Å². The van der Waals surface area contributed by atoms with Crippen LogP contribution in [-0.2, 0) is 0 Å². The van der Waals surface area contributed by atoms with Crippen molar-refractivity contribution in [1.82, 2.24) is 5.32 Å². The molecule has 1 aliphatic carbocycles. The summed E-state index contributed by atoms with van der Waals surface area (Å²) >= 11 is 4.68. The lowest BCUT2D eigenvalue weighted by Gasteiger charge is -2.34. The Hall–Kier alpha value is -1.66. The third-order valence-electron chi connectivity index (χ3n) is 4.24. The molecule has 3 rings (SSSR count). The summed E-state index contributed by atoms with van der Waals surface area (Å²) < 4.78 is 1.02. The molecular weight excluding hydrogens is 376 g/mol. The minimum absolute atomic E-state index is 0.00322. The molecule has 2 aromatic rings. The molecule has 23 heavy (non-hydrogen) atoms. The van der Waals surface area contributed by atoms with Crippen LogP contribution in [-0.4, -0.2) is 11.8 Å². The topological polar surface area (TPSA) is 72.2 Å². The van der Waals surface area contributed by atoms with Gasteiger partial charge in [-0.1, -0.05) is 34.5 Å². The number of benzene rings is 1. The Bertz CT molecular complexity index is 722. The highest BCUT2D eigenvalue weighted by Gasteiger charge is 2.30. The van der Waals surface area contributed by atoms with Crippen molar-refractivity contribution in [1.29, 1.82) is 0 Å². The van der Waals surface area contributed by atoms with E-state index < -0.39 is 5.91 Å². The maximum Gasteiger partial charge on any atom is 0.261 e. The molecule has 1 fully saturated rings. The molecule has 1 aromatic heterocycles. The number of hydrogen-bond acceptors (Lipinski definition) is 3. The highest BCUT2D eigenvalue weighted by Crippen LogP contribution is 2.38. The van der Waals surface area contributed by atoms with E-state index in [4.69, 9.17) is 5.73 Å². The summed E-state index contributed by atoms with van der Waals surface area (Å²) in [6.45, 7) is 0. The lowest BCUT2D eigenvalue weighted by atomic mass is 9.77. The van der Waals surface area contributed by atoms with Crippen LogP contribution >= 0.6 is 27.3 Å². The number of thiophene rings is 1. The van der Waals surface area contributed by atoms with E-state index in [9.17, 15) is 9.59 Å².